The third-order valence-electron chi connectivity index (χ3n) is 5.27. The van der Waals surface area contributed by atoms with Crippen LogP contribution in [0.2, 0.25) is 5.02 Å². The van der Waals surface area contributed by atoms with Crippen molar-refractivity contribution in [3.05, 3.63) is 63.8 Å². The molecule has 0 bridgehead atoms. The summed E-state index contributed by atoms with van der Waals surface area (Å²) >= 11 is 6.14. The Kier molecular flexibility index (Phi) is 6.03. The van der Waals surface area contributed by atoms with Crippen molar-refractivity contribution in [2.45, 2.75) is 58.5 Å². The Bertz CT molecular complexity index is 1010. The summed E-state index contributed by atoms with van der Waals surface area (Å²) in [6.07, 6.45) is 0.796. The van der Waals surface area contributed by atoms with Crippen LogP contribution in [0.15, 0.2) is 42.1 Å². The molecule has 0 aliphatic carbocycles. The molecule has 2 aromatic carbocycles. The number of aromatic hydroxyl groups is 1. The maximum Gasteiger partial charge on any atom is 0.332 e. The van der Waals surface area contributed by atoms with E-state index < -0.39 is 12.1 Å². The van der Waals surface area contributed by atoms with Crippen molar-refractivity contribution in [3.8, 4) is 11.5 Å². The minimum absolute atomic E-state index is 0.290. The van der Waals surface area contributed by atoms with Crippen molar-refractivity contribution in [2.75, 3.05) is 12.4 Å². The Morgan fingerprint density at radius 3 is 2.19 bits per heavy atom. The number of hydrogen-bond acceptors (Lipinski definition) is 5. The van der Waals surface area contributed by atoms with Crippen molar-refractivity contribution in [1.29, 1.82) is 0 Å². The average Bonchev–Trinajstić information content (AvgIpc) is 2.65. The third-order valence-corrected chi connectivity index (χ3v) is 5.51. The molecule has 6 heteroatoms. The second-order valence-corrected chi connectivity index (χ2v) is 10.3. The lowest BCUT2D eigenvalue weighted by atomic mass is 9.77. The van der Waals surface area contributed by atoms with Gasteiger partial charge in [0, 0.05) is 11.1 Å². The van der Waals surface area contributed by atoms with Crippen molar-refractivity contribution in [2.24, 2.45) is 0 Å². The fourth-order valence-electron chi connectivity index (χ4n) is 3.61. The topological polar surface area (TPSA) is 67.8 Å². The summed E-state index contributed by atoms with van der Waals surface area (Å²) < 4.78 is 11.2. The van der Waals surface area contributed by atoms with Crippen LogP contribution in [0.4, 0.5) is 5.69 Å². The highest BCUT2D eigenvalue weighted by atomic mass is 35.5. The van der Waals surface area contributed by atoms with E-state index >= 15 is 0 Å². The highest BCUT2D eigenvalue weighted by Crippen LogP contribution is 2.45. The molecule has 3 rings (SSSR count). The number of esters is 1. The van der Waals surface area contributed by atoms with Crippen molar-refractivity contribution in [3.63, 3.8) is 0 Å². The lowest BCUT2D eigenvalue weighted by Crippen LogP contribution is -2.25. The lowest BCUT2D eigenvalue weighted by molar-refractivity contribution is -0.134. The van der Waals surface area contributed by atoms with Gasteiger partial charge in [0.1, 0.15) is 11.5 Å². The van der Waals surface area contributed by atoms with Gasteiger partial charge in [-0.3, -0.25) is 0 Å². The normalized spacial score (nSPS) is 17.5. The molecule has 1 aliphatic heterocycles. The maximum atomic E-state index is 12.1. The quantitative estimate of drug-likeness (QED) is 0.424. The van der Waals surface area contributed by atoms with Gasteiger partial charge in [-0.05, 0) is 57.9 Å². The molecule has 5 nitrogen and oxygen atoms in total. The molecule has 0 amide bonds. The van der Waals surface area contributed by atoms with Gasteiger partial charge < -0.3 is 19.9 Å². The van der Waals surface area contributed by atoms with E-state index in [1.54, 1.807) is 18.2 Å². The lowest BCUT2D eigenvalue weighted by Gasteiger charge is -2.33. The Morgan fingerprint density at radius 2 is 1.68 bits per heavy atom. The number of fused-ring (bicyclic) bond motifs is 1. The molecular weight excluding hydrogens is 414 g/mol. The minimum Gasteiger partial charge on any atom is -0.507 e. The van der Waals surface area contributed by atoms with Crippen LogP contribution >= 0.6 is 11.6 Å². The first kappa shape index (κ1) is 23.0. The molecule has 0 radical (unpaired) electrons. The number of benzene rings is 2. The first-order chi connectivity index (χ1) is 14.3. The van der Waals surface area contributed by atoms with Gasteiger partial charge in [-0.1, -0.05) is 53.1 Å². The molecule has 0 fully saturated rings. The third kappa shape index (κ3) is 4.82. The van der Waals surface area contributed by atoms with Gasteiger partial charge in [-0.25, -0.2) is 4.79 Å². The van der Waals surface area contributed by atoms with Crippen LogP contribution in [-0.4, -0.2) is 18.2 Å². The zero-order valence-electron chi connectivity index (χ0n) is 19.1. The van der Waals surface area contributed by atoms with Gasteiger partial charge in [-0.2, -0.15) is 0 Å². The van der Waals surface area contributed by atoms with Crippen molar-refractivity contribution < 1.29 is 19.4 Å². The van der Waals surface area contributed by atoms with Gasteiger partial charge >= 0.3 is 5.97 Å². The predicted octanol–water partition coefficient (Wildman–Crippen LogP) is 6.24. The molecular formula is C25H30ClNO4. The zero-order valence-corrected chi connectivity index (χ0v) is 19.8. The highest BCUT2D eigenvalue weighted by molar-refractivity contribution is 6.31. The monoisotopic (exact) mass is 443 g/mol. The minimum atomic E-state index is -0.587. The summed E-state index contributed by atoms with van der Waals surface area (Å²) in [5.41, 5.74) is 3.09. The van der Waals surface area contributed by atoms with Gasteiger partial charge in [0.2, 0.25) is 0 Å². The summed E-state index contributed by atoms with van der Waals surface area (Å²) in [4.78, 5) is 12.1. The molecule has 166 valence electrons. The Hall–Kier alpha value is -2.66. The molecule has 0 saturated carbocycles. The number of hydrogen-bond donors (Lipinski definition) is 2. The van der Waals surface area contributed by atoms with E-state index in [4.69, 9.17) is 21.1 Å². The highest BCUT2D eigenvalue weighted by Gasteiger charge is 2.32. The summed E-state index contributed by atoms with van der Waals surface area (Å²) in [5, 5.41) is 14.9. The van der Waals surface area contributed by atoms with Crippen LogP contribution in [0.3, 0.4) is 0 Å². The number of phenols is 1. The number of nitrogens with one attached hydrogen (secondary N) is 1. The van der Waals surface area contributed by atoms with Crippen LogP contribution < -0.4 is 10.1 Å². The molecule has 1 unspecified atom stereocenters. The summed E-state index contributed by atoms with van der Waals surface area (Å²) in [7, 11) is 1.33. The number of carbonyl (C=O) groups excluding carboxylic acids is 1. The molecule has 0 spiro atoms. The second kappa shape index (κ2) is 8.12. The largest absolute Gasteiger partial charge is 0.507 e. The molecule has 1 heterocycles. The molecule has 0 saturated heterocycles. The number of methoxy groups -OCH3 is 1. The van der Waals surface area contributed by atoms with Crippen LogP contribution in [0.1, 0.15) is 64.3 Å². The smallest absolute Gasteiger partial charge is 0.332 e. The Morgan fingerprint density at radius 1 is 1.10 bits per heavy atom. The Balaban J connectivity index is 2.23. The van der Waals surface area contributed by atoms with E-state index in [0.717, 1.165) is 16.7 Å². The maximum absolute atomic E-state index is 12.1. The van der Waals surface area contributed by atoms with Gasteiger partial charge in [0.05, 0.1) is 18.5 Å². The number of anilines is 1. The van der Waals surface area contributed by atoms with Gasteiger partial charge in [-0.15, -0.1) is 0 Å². The second-order valence-electron chi connectivity index (χ2n) is 9.85. The van der Waals surface area contributed by atoms with E-state index in [0.29, 0.717) is 22.2 Å². The standard InChI is InChI=1S/C25H30ClNO4/c1-24(2,3)16-10-14(11-17(22(16)29)25(4,5)6)23-19(13-21(28)30-7)27-18-12-15(26)8-9-20(18)31-23/h8-13,23,27,29H,1-7H3/b19-13-. The number of carbonyl (C=O) groups is 1. The van der Waals surface area contributed by atoms with Crippen LogP contribution in [0.5, 0.6) is 11.5 Å². The summed E-state index contributed by atoms with van der Waals surface area (Å²) in [6.45, 7) is 12.3. The van der Waals surface area contributed by atoms with E-state index in [-0.39, 0.29) is 16.6 Å². The van der Waals surface area contributed by atoms with Crippen LogP contribution in [-0.2, 0) is 20.4 Å². The molecule has 2 aromatic rings. The van der Waals surface area contributed by atoms with Gasteiger partial charge in [0.15, 0.2) is 6.10 Å². The van der Waals surface area contributed by atoms with Crippen molar-refractivity contribution in [1.82, 2.24) is 0 Å². The SMILES string of the molecule is COC(=O)/C=C1\Nc2cc(Cl)ccc2OC1c1cc(C(C)(C)C)c(O)c(C(C)(C)C)c1. The first-order valence-electron chi connectivity index (χ1n) is 10.2. The van der Waals surface area contributed by atoms with Gasteiger partial charge in [0.25, 0.3) is 0 Å². The number of ether oxygens (including phenoxy) is 2. The van der Waals surface area contributed by atoms with Crippen LogP contribution in [0.25, 0.3) is 0 Å². The van der Waals surface area contributed by atoms with E-state index in [1.807, 2.05) is 12.1 Å². The van der Waals surface area contributed by atoms with E-state index in [1.165, 1.54) is 13.2 Å². The first-order valence-corrected chi connectivity index (χ1v) is 10.6. The predicted molar refractivity (Wildman–Crippen MR) is 124 cm³/mol. The fourth-order valence-corrected chi connectivity index (χ4v) is 3.78. The summed E-state index contributed by atoms with van der Waals surface area (Å²) in [5.74, 6) is 0.421. The molecule has 31 heavy (non-hydrogen) atoms. The number of phenolic OH excluding ortho intramolecular Hbond substituents is 1. The number of halogens is 1. The van der Waals surface area contributed by atoms with Crippen LogP contribution in [0, 0.1) is 0 Å². The zero-order chi connectivity index (χ0) is 23.1. The van der Waals surface area contributed by atoms with E-state index in [2.05, 4.69) is 46.9 Å². The number of rotatable bonds is 2. The molecule has 2 N–H and O–H groups in total. The average molecular weight is 444 g/mol. The summed E-state index contributed by atoms with van der Waals surface area (Å²) in [6, 6.07) is 9.19. The van der Waals surface area contributed by atoms with Crippen molar-refractivity contribution >= 4 is 23.3 Å². The molecule has 0 aromatic heterocycles. The Labute approximate surface area is 189 Å². The van der Waals surface area contributed by atoms with E-state index in [9.17, 15) is 9.90 Å². The molecule has 1 atom stereocenters. The fraction of sp³-hybridized carbons (Fsp3) is 0.400. The molecule has 1 aliphatic rings.